The van der Waals surface area contributed by atoms with E-state index in [1.165, 1.54) is 6.07 Å². The van der Waals surface area contributed by atoms with Gasteiger partial charge >= 0.3 is 18.2 Å². The first-order valence-electron chi connectivity index (χ1n) is 3.93. The summed E-state index contributed by atoms with van der Waals surface area (Å²) in [4.78, 5) is 9.37. The zero-order valence-electron chi connectivity index (χ0n) is 7.57. The number of alkyl halides is 4. The van der Waals surface area contributed by atoms with Gasteiger partial charge in [0.05, 0.1) is 4.92 Å². The number of nitro benzene ring substituents is 1. The Balaban J connectivity index is 3.02. The fraction of sp³-hybridized carbons (Fsp3) is 0.250. The van der Waals surface area contributed by atoms with Gasteiger partial charge in [-0.3, -0.25) is 10.1 Å². The second-order valence-electron chi connectivity index (χ2n) is 2.69. The van der Waals surface area contributed by atoms with Crippen molar-refractivity contribution in [3.05, 3.63) is 34.4 Å². The van der Waals surface area contributed by atoms with E-state index < -0.39 is 28.9 Å². The Bertz CT molecular complexity index is 397. The van der Waals surface area contributed by atoms with Crippen LogP contribution in [0.1, 0.15) is 0 Å². The summed E-state index contributed by atoms with van der Waals surface area (Å²) >= 11 is 0. The van der Waals surface area contributed by atoms with Crippen LogP contribution in [0.2, 0.25) is 0 Å². The molecule has 1 aromatic rings. The molecule has 1 rings (SSSR count). The predicted octanol–water partition coefficient (Wildman–Crippen LogP) is 2.83. The fourth-order valence-corrected chi connectivity index (χ4v) is 0.885. The van der Waals surface area contributed by atoms with Gasteiger partial charge < -0.3 is 4.74 Å². The summed E-state index contributed by atoms with van der Waals surface area (Å²) in [5.74, 6) is -0.905. The minimum Gasteiger partial charge on any atom is -0.421 e. The van der Waals surface area contributed by atoms with E-state index in [2.05, 4.69) is 4.74 Å². The third kappa shape index (κ3) is 2.59. The standard InChI is InChI=1S/C8H5F4NO3/c9-7(10)8(11,12)16-6-4-2-1-3-5(6)13(14)15/h1-4,7H. The lowest BCUT2D eigenvalue weighted by molar-refractivity contribution is -0.387. The third-order valence-electron chi connectivity index (χ3n) is 1.56. The quantitative estimate of drug-likeness (QED) is 0.461. The van der Waals surface area contributed by atoms with Crippen LogP contribution in [0.25, 0.3) is 0 Å². The van der Waals surface area contributed by atoms with Crippen LogP contribution in [0.15, 0.2) is 24.3 Å². The average Bonchev–Trinajstić information content (AvgIpc) is 2.17. The maximum atomic E-state index is 12.5. The molecule has 8 heteroatoms. The van der Waals surface area contributed by atoms with E-state index in [1.54, 1.807) is 0 Å². The topological polar surface area (TPSA) is 52.4 Å². The van der Waals surface area contributed by atoms with Crippen molar-refractivity contribution in [3.8, 4) is 5.75 Å². The van der Waals surface area contributed by atoms with Crippen molar-refractivity contribution in [3.63, 3.8) is 0 Å². The van der Waals surface area contributed by atoms with Gasteiger partial charge in [-0.05, 0) is 6.07 Å². The highest BCUT2D eigenvalue weighted by Gasteiger charge is 2.45. The van der Waals surface area contributed by atoms with Gasteiger partial charge in [0.25, 0.3) is 0 Å². The van der Waals surface area contributed by atoms with E-state index in [0.717, 1.165) is 18.2 Å². The maximum absolute atomic E-state index is 12.5. The van der Waals surface area contributed by atoms with Crippen molar-refractivity contribution in [2.75, 3.05) is 0 Å². The van der Waals surface area contributed by atoms with Crippen LogP contribution in [0, 0.1) is 10.1 Å². The van der Waals surface area contributed by atoms with Crippen LogP contribution in [-0.4, -0.2) is 17.5 Å². The molecule has 0 heterocycles. The monoisotopic (exact) mass is 239 g/mol. The molecular formula is C8H5F4NO3. The Morgan fingerprint density at radius 2 is 1.88 bits per heavy atom. The van der Waals surface area contributed by atoms with Gasteiger partial charge in [-0.1, -0.05) is 12.1 Å². The van der Waals surface area contributed by atoms with Crippen LogP contribution in [0.5, 0.6) is 5.75 Å². The molecule has 16 heavy (non-hydrogen) atoms. The largest absolute Gasteiger partial charge is 0.461 e. The Hall–Kier alpha value is -1.86. The highest BCUT2D eigenvalue weighted by Crippen LogP contribution is 2.33. The van der Waals surface area contributed by atoms with Crippen LogP contribution in [0.4, 0.5) is 23.2 Å². The summed E-state index contributed by atoms with van der Waals surface area (Å²) in [6.07, 6.45) is -8.82. The molecule has 1 aromatic carbocycles. The van der Waals surface area contributed by atoms with Crippen molar-refractivity contribution in [2.24, 2.45) is 0 Å². The Morgan fingerprint density at radius 3 is 2.38 bits per heavy atom. The summed E-state index contributed by atoms with van der Waals surface area (Å²) < 4.78 is 52.2. The molecule has 0 aliphatic carbocycles. The van der Waals surface area contributed by atoms with E-state index in [-0.39, 0.29) is 0 Å². The molecule has 0 aliphatic heterocycles. The van der Waals surface area contributed by atoms with Gasteiger partial charge in [-0.15, -0.1) is 0 Å². The summed E-state index contributed by atoms with van der Waals surface area (Å²) in [6.45, 7) is 0. The molecule has 0 unspecified atom stereocenters. The number of rotatable bonds is 4. The van der Waals surface area contributed by atoms with Crippen molar-refractivity contribution < 1.29 is 27.2 Å². The van der Waals surface area contributed by atoms with Gasteiger partial charge in [-0.2, -0.15) is 17.6 Å². The number of halogens is 4. The van der Waals surface area contributed by atoms with Gasteiger partial charge in [0.1, 0.15) is 0 Å². The van der Waals surface area contributed by atoms with Crippen LogP contribution >= 0.6 is 0 Å². The van der Waals surface area contributed by atoms with Crippen molar-refractivity contribution in [2.45, 2.75) is 12.5 Å². The van der Waals surface area contributed by atoms with Gasteiger partial charge in [0.2, 0.25) is 5.75 Å². The van der Waals surface area contributed by atoms with Gasteiger partial charge in [-0.25, -0.2) is 0 Å². The Labute approximate surface area is 86.6 Å². The Kier molecular flexibility index (Phi) is 3.31. The second-order valence-corrected chi connectivity index (χ2v) is 2.69. The summed E-state index contributed by atoms with van der Waals surface area (Å²) in [6, 6.07) is 4.04. The molecule has 0 atom stereocenters. The van der Waals surface area contributed by atoms with E-state index in [4.69, 9.17) is 0 Å². The molecule has 0 bridgehead atoms. The average molecular weight is 239 g/mol. The lowest BCUT2D eigenvalue weighted by Gasteiger charge is -2.16. The number of nitro groups is 1. The van der Waals surface area contributed by atoms with Crippen LogP contribution < -0.4 is 4.74 Å². The number of para-hydroxylation sites is 2. The molecular weight excluding hydrogens is 234 g/mol. The molecule has 88 valence electrons. The number of nitrogens with zero attached hydrogens (tertiary/aromatic N) is 1. The highest BCUT2D eigenvalue weighted by atomic mass is 19.3. The van der Waals surface area contributed by atoms with Crippen LogP contribution in [-0.2, 0) is 0 Å². The zero-order chi connectivity index (χ0) is 12.3. The number of hydrogen-bond donors (Lipinski definition) is 0. The van der Waals surface area contributed by atoms with Gasteiger partial charge in [0.15, 0.2) is 0 Å². The normalized spacial score (nSPS) is 11.6. The van der Waals surface area contributed by atoms with E-state index in [0.29, 0.717) is 0 Å². The lowest BCUT2D eigenvalue weighted by atomic mass is 10.3. The molecule has 0 amide bonds. The molecule has 4 nitrogen and oxygen atoms in total. The first-order chi connectivity index (χ1) is 7.34. The lowest BCUT2D eigenvalue weighted by Crippen LogP contribution is -2.33. The highest BCUT2D eigenvalue weighted by molar-refractivity contribution is 5.45. The van der Waals surface area contributed by atoms with E-state index in [9.17, 15) is 27.7 Å². The summed E-state index contributed by atoms with van der Waals surface area (Å²) in [5, 5.41) is 10.4. The smallest absolute Gasteiger partial charge is 0.421 e. The molecule has 0 N–H and O–H groups in total. The third-order valence-corrected chi connectivity index (χ3v) is 1.56. The van der Waals surface area contributed by atoms with Crippen molar-refractivity contribution in [1.82, 2.24) is 0 Å². The predicted molar refractivity (Wildman–Crippen MR) is 44.7 cm³/mol. The molecule has 0 fully saturated rings. The first kappa shape index (κ1) is 12.2. The second kappa shape index (κ2) is 4.33. The van der Waals surface area contributed by atoms with E-state index >= 15 is 0 Å². The Morgan fingerprint density at radius 1 is 1.31 bits per heavy atom. The molecule has 0 saturated carbocycles. The van der Waals surface area contributed by atoms with Crippen molar-refractivity contribution in [1.29, 1.82) is 0 Å². The number of ether oxygens (including phenoxy) is 1. The molecule has 0 radical (unpaired) electrons. The number of hydrogen-bond acceptors (Lipinski definition) is 3. The zero-order valence-corrected chi connectivity index (χ0v) is 7.57. The molecule has 0 saturated heterocycles. The summed E-state index contributed by atoms with van der Waals surface area (Å²) in [5.41, 5.74) is -0.803. The fourth-order valence-electron chi connectivity index (χ4n) is 0.885. The SMILES string of the molecule is O=[N+]([O-])c1ccccc1OC(F)(F)C(F)F. The van der Waals surface area contributed by atoms with Crippen LogP contribution in [0.3, 0.4) is 0 Å². The maximum Gasteiger partial charge on any atom is 0.461 e. The first-order valence-corrected chi connectivity index (χ1v) is 3.93. The summed E-state index contributed by atoms with van der Waals surface area (Å²) in [7, 11) is 0. The minimum absolute atomic E-state index is 0.803. The van der Waals surface area contributed by atoms with Gasteiger partial charge in [0, 0.05) is 6.07 Å². The molecule has 0 aromatic heterocycles. The van der Waals surface area contributed by atoms with Crippen molar-refractivity contribution >= 4 is 5.69 Å². The minimum atomic E-state index is -4.76. The molecule has 0 spiro atoms. The molecule has 0 aliphatic rings. The number of benzene rings is 1. The van der Waals surface area contributed by atoms with E-state index in [1.807, 2.05) is 0 Å².